The number of benzene rings is 2. The Kier molecular flexibility index (Phi) is 10.8. The van der Waals surface area contributed by atoms with Gasteiger partial charge in [-0.15, -0.1) is 0 Å². The molecule has 4 amide bonds. The lowest BCUT2D eigenvalue weighted by Gasteiger charge is -2.23. The zero-order chi connectivity index (χ0) is 29.9. The fourth-order valence-electron chi connectivity index (χ4n) is 4.28. The molecule has 0 aromatic heterocycles. The number of amides is 4. The molecule has 13 heteroatoms. The molecule has 1 heterocycles. The van der Waals surface area contributed by atoms with E-state index in [4.69, 9.17) is 0 Å². The lowest BCUT2D eigenvalue weighted by Crippen LogP contribution is -2.55. The quantitative estimate of drug-likeness (QED) is 0.161. The number of carbonyl (C=O) groups excluding carboxylic acids is 4. The van der Waals surface area contributed by atoms with Crippen molar-refractivity contribution in [3.63, 3.8) is 0 Å². The molecule has 0 saturated carbocycles. The summed E-state index contributed by atoms with van der Waals surface area (Å²) in [6.07, 6.45) is -0.389. The molecule has 1 aliphatic heterocycles. The minimum absolute atomic E-state index is 0.0152. The maximum absolute atomic E-state index is 13.2. The van der Waals surface area contributed by atoms with Gasteiger partial charge in [0.15, 0.2) is 0 Å². The first-order valence-electron chi connectivity index (χ1n) is 13.0. The highest BCUT2D eigenvalue weighted by Crippen LogP contribution is 2.13. The summed E-state index contributed by atoms with van der Waals surface area (Å²) < 4.78 is 0. The van der Waals surface area contributed by atoms with Gasteiger partial charge in [-0.3, -0.25) is 19.2 Å². The van der Waals surface area contributed by atoms with Gasteiger partial charge in [0.1, 0.15) is 29.9 Å². The Balaban J connectivity index is 1.68. The molecule has 0 radical (unpaired) electrons. The number of carboxylic acids is 2. The third kappa shape index (κ3) is 9.64. The number of rotatable bonds is 14. The van der Waals surface area contributed by atoms with Gasteiger partial charge in [0.05, 0.1) is 0 Å². The van der Waals surface area contributed by atoms with Crippen LogP contribution >= 0.6 is 0 Å². The van der Waals surface area contributed by atoms with Crippen LogP contribution in [0.3, 0.4) is 0 Å². The van der Waals surface area contributed by atoms with Crippen molar-refractivity contribution in [3.8, 4) is 5.75 Å². The van der Waals surface area contributed by atoms with Gasteiger partial charge in [0.2, 0.25) is 23.6 Å². The summed E-state index contributed by atoms with van der Waals surface area (Å²) in [4.78, 5) is 73.7. The molecule has 41 heavy (non-hydrogen) atoms. The zero-order valence-corrected chi connectivity index (χ0v) is 22.0. The number of hydrogen-bond acceptors (Lipinski definition) is 7. The van der Waals surface area contributed by atoms with E-state index in [1.54, 1.807) is 30.3 Å². The molecule has 2 aromatic rings. The second-order valence-electron chi connectivity index (χ2n) is 9.68. The van der Waals surface area contributed by atoms with Gasteiger partial charge in [-0.1, -0.05) is 42.5 Å². The number of phenolic OH excluding ortho intramolecular Hbond substituents is 1. The van der Waals surface area contributed by atoms with Crippen LogP contribution in [0.2, 0.25) is 0 Å². The van der Waals surface area contributed by atoms with Gasteiger partial charge in [0.25, 0.3) is 0 Å². The maximum atomic E-state index is 13.2. The van der Waals surface area contributed by atoms with Gasteiger partial charge in [0, 0.05) is 25.7 Å². The molecule has 1 saturated heterocycles. The predicted octanol–water partition coefficient (Wildman–Crippen LogP) is -0.140. The highest BCUT2D eigenvalue weighted by atomic mass is 16.4. The van der Waals surface area contributed by atoms with E-state index in [0.717, 1.165) is 0 Å². The summed E-state index contributed by atoms with van der Waals surface area (Å²) >= 11 is 0. The van der Waals surface area contributed by atoms with Crippen molar-refractivity contribution in [2.75, 3.05) is 0 Å². The molecule has 0 unspecified atom stereocenters. The van der Waals surface area contributed by atoms with E-state index in [0.29, 0.717) is 11.1 Å². The monoisotopic (exact) mass is 568 g/mol. The number of phenols is 1. The average Bonchev–Trinajstić information content (AvgIpc) is 3.38. The van der Waals surface area contributed by atoms with Crippen molar-refractivity contribution in [1.29, 1.82) is 0 Å². The van der Waals surface area contributed by atoms with Crippen LogP contribution in [0.1, 0.15) is 36.8 Å². The van der Waals surface area contributed by atoms with Crippen LogP contribution in [0.4, 0.5) is 0 Å². The molecule has 1 fully saturated rings. The van der Waals surface area contributed by atoms with Gasteiger partial charge in [-0.2, -0.15) is 0 Å². The zero-order valence-electron chi connectivity index (χ0n) is 22.0. The number of carboxylic acid groups (broad SMARTS) is 2. The van der Waals surface area contributed by atoms with E-state index in [-0.39, 0.29) is 50.2 Å². The average molecular weight is 569 g/mol. The van der Waals surface area contributed by atoms with E-state index >= 15 is 0 Å². The molecule has 13 nitrogen and oxygen atoms in total. The normalized spacial score (nSPS) is 16.5. The summed E-state index contributed by atoms with van der Waals surface area (Å²) in [6, 6.07) is 9.55. The molecule has 3 rings (SSSR count). The minimum atomic E-state index is -1.39. The lowest BCUT2D eigenvalue weighted by molar-refractivity contribution is -0.142. The summed E-state index contributed by atoms with van der Waals surface area (Å²) in [5.74, 6) is -5.17. The van der Waals surface area contributed by atoms with Crippen molar-refractivity contribution in [2.45, 2.75) is 62.7 Å². The number of nitrogens with one attached hydrogen (secondary N) is 4. The second kappa shape index (κ2) is 14.4. The van der Waals surface area contributed by atoms with Crippen LogP contribution in [0.25, 0.3) is 0 Å². The Morgan fingerprint density at radius 2 is 1.39 bits per heavy atom. The van der Waals surface area contributed by atoms with Crippen molar-refractivity contribution in [3.05, 3.63) is 65.7 Å². The highest BCUT2D eigenvalue weighted by Gasteiger charge is 2.32. The third-order valence-electron chi connectivity index (χ3n) is 6.51. The molecule has 218 valence electrons. The van der Waals surface area contributed by atoms with Crippen LogP contribution in [-0.4, -0.2) is 75.1 Å². The Morgan fingerprint density at radius 1 is 0.805 bits per heavy atom. The van der Waals surface area contributed by atoms with Crippen molar-refractivity contribution >= 4 is 35.6 Å². The van der Waals surface area contributed by atoms with Gasteiger partial charge >= 0.3 is 11.9 Å². The smallest absolute Gasteiger partial charge is 0.326 e. The minimum Gasteiger partial charge on any atom is -0.508 e. The molecule has 4 atom stereocenters. The SMILES string of the molecule is O=C(CC[C@H](NC(=O)[C@@H]1CCC(=O)N1)C(=O)N[C@@H](Cc1ccc(O)cc1)C(=O)O)N[C@@H](Cc1ccccc1)C(=O)O. The summed E-state index contributed by atoms with van der Waals surface area (Å²) in [5.41, 5.74) is 1.21. The fourth-order valence-corrected chi connectivity index (χ4v) is 4.28. The highest BCUT2D eigenvalue weighted by molar-refractivity contribution is 5.95. The summed E-state index contributed by atoms with van der Waals surface area (Å²) in [6.45, 7) is 0. The van der Waals surface area contributed by atoms with Crippen molar-refractivity contribution in [2.24, 2.45) is 0 Å². The first-order valence-corrected chi connectivity index (χ1v) is 13.0. The predicted molar refractivity (Wildman–Crippen MR) is 143 cm³/mol. The molecule has 0 bridgehead atoms. The van der Waals surface area contributed by atoms with E-state index in [9.17, 15) is 44.1 Å². The van der Waals surface area contributed by atoms with Crippen LogP contribution in [0, 0.1) is 0 Å². The van der Waals surface area contributed by atoms with Crippen molar-refractivity contribution in [1.82, 2.24) is 21.3 Å². The number of aliphatic carboxylic acids is 2. The number of hydrogen-bond donors (Lipinski definition) is 7. The van der Waals surface area contributed by atoms with Crippen LogP contribution < -0.4 is 21.3 Å². The van der Waals surface area contributed by atoms with Crippen molar-refractivity contribution < 1.29 is 44.1 Å². The molecule has 2 aromatic carbocycles. The Bertz CT molecular complexity index is 1270. The van der Waals surface area contributed by atoms with Gasteiger partial charge in [-0.05, 0) is 36.1 Å². The first-order chi connectivity index (χ1) is 19.5. The molecule has 0 spiro atoms. The topological polar surface area (TPSA) is 211 Å². The van der Waals surface area contributed by atoms with E-state index in [1.807, 2.05) is 0 Å². The van der Waals surface area contributed by atoms with E-state index in [1.165, 1.54) is 24.3 Å². The largest absolute Gasteiger partial charge is 0.508 e. The summed E-state index contributed by atoms with van der Waals surface area (Å²) in [7, 11) is 0. The first kappa shape index (κ1) is 30.6. The summed E-state index contributed by atoms with van der Waals surface area (Å²) in [5, 5.41) is 38.4. The second-order valence-corrected chi connectivity index (χ2v) is 9.68. The Morgan fingerprint density at radius 3 is 1.95 bits per heavy atom. The fraction of sp³-hybridized carbons (Fsp3) is 0.357. The molecule has 0 aliphatic carbocycles. The molecular weight excluding hydrogens is 536 g/mol. The van der Waals surface area contributed by atoms with Crippen LogP contribution in [0.5, 0.6) is 5.75 Å². The lowest BCUT2D eigenvalue weighted by atomic mass is 10.0. The van der Waals surface area contributed by atoms with Crippen LogP contribution in [-0.2, 0) is 41.6 Å². The van der Waals surface area contributed by atoms with Crippen LogP contribution in [0.15, 0.2) is 54.6 Å². The Hall–Kier alpha value is -4.94. The van der Waals surface area contributed by atoms with Gasteiger partial charge in [-0.25, -0.2) is 9.59 Å². The maximum Gasteiger partial charge on any atom is 0.326 e. The number of aromatic hydroxyl groups is 1. The Labute approximate surface area is 235 Å². The van der Waals surface area contributed by atoms with E-state index in [2.05, 4.69) is 21.3 Å². The molecule has 1 aliphatic rings. The molecular formula is C28H32N4O9. The molecule has 7 N–H and O–H groups in total. The standard InChI is InChI=1S/C28H32N4O9/c33-18-8-6-17(7-9-18)15-22(28(40)41)32-26(37)20(31-25(36)19-10-12-23(34)29-19)11-13-24(35)30-21(27(38)39)14-16-4-2-1-3-5-16/h1-9,19-22,33H,10-15H2,(H,29,34)(H,30,35)(H,31,36)(H,32,37)(H,38,39)(H,40,41)/t19-,20-,21-,22-/m0/s1. The third-order valence-corrected chi connectivity index (χ3v) is 6.51. The number of carbonyl (C=O) groups is 6. The van der Waals surface area contributed by atoms with E-state index < -0.39 is 53.8 Å². The van der Waals surface area contributed by atoms with Gasteiger partial charge < -0.3 is 36.6 Å².